The third kappa shape index (κ3) is 3.20. The number of anilines is 1. The van der Waals surface area contributed by atoms with Crippen molar-refractivity contribution in [2.45, 2.75) is 18.5 Å². The molecular formula is C17H19Cl2N3O. The summed E-state index contributed by atoms with van der Waals surface area (Å²) in [5.41, 5.74) is 2.23. The van der Waals surface area contributed by atoms with Crippen LogP contribution in [0.3, 0.4) is 0 Å². The number of pyridine rings is 1. The Kier molecular flexibility index (Phi) is 5.63. The lowest BCUT2D eigenvalue weighted by Crippen LogP contribution is -2.44. The van der Waals surface area contributed by atoms with Gasteiger partial charge in [0.25, 0.3) is 0 Å². The molecule has 0 aliphatic carbocycles. The molecule has 3 heterocycles. The second-order valence-corrected chi connectivity index (χ2v) is 5.71. The van der Waals surface area contributed by atoms with E-state index in [4.69, 9.17) is 0 Å². The summed E-state index contributed by atoms with van der Waals surface area (Å²) in [6, 6.07) is 14.4. The van der Waals surface area contributed by atoms with E-state index < -0.39 is 0 Å². The highest BCUT2D eigenvalue weighted by Gasteiger charge is 2.39. The average Bonchev–Trinajstić information content (AvgIpc) is 3.18. The number of hydrogen-bond acceptors (Lipinski definition) is 4. The van der Waals surface area contributed by atoms with E-state index in [-0.39, 0.29) is 30.6 Å². The van der Waals surface area contributed by atoms with Crippen LogP contribution in [0.4, 0.5) is 5.69 Å². The molecule has 2 aliphatic rings. The summed E-state index contributed by atoms with van der Waals surface area (Å²) in [5.74, 6) is 0.00179. The number of hydrogen-bond donors (Lipinski definition) is 1. The van der Waals surface area contributed by atoms with Gasteiger partial charge in [-0.1, -0.05) is 30.3 Å². The second kappa shape index (κ2) is 7.30. The van der Waals surface area contributed by atoms with Crippen LogP contribution in [0.25, 0.3) is 0 Å². The molecule has 1 N–H and O–H groups in total. The molecule has 2 atom stereocenters. The Morgan fingerprint density at radius 2 is 1.91 bits per heavy atom. The number of ketones is 1. The number of carbonyl (C=O) groups is 1. The summed E-state index contributed by atoms with van der Waals surface area (Å²) in [4.78, 5) is 19.4. The maximum atomic E-state index is 12.7. The van der Waals surface area contributed by atoms with Crippen molar-refractivity contribution in [2.75, 3.05) is 18.0 Å². The second-order valence-electron chi connectivity index (χ2n) is 5.71. The molecule has 0 spiro atoms. The molecule has 2 unspecified atom stereocenters. The molecule has 0 radical (unpaired) electrons. The van der Waals surface area contributed by atoms with Crippen molar-refractivity contribution in [3.63, 3.8) is 0 Å². The molecule has 2 fully saturated rings. The van der Waals surface area contributed by atoms with Crippen molar-refractivity contribution < 1.29 is 4.79 Å². The van der Waals surface area contributed by atoms with E-state index in [0.717, 1.165) is 25.2 Å². The molecule has 2 aliphatic heterocycles. The predicted molar refractivity (Wildman–Crippen MR) is 96.1 cm³/mol. The monoisotopic (exact) mass is 351 g/mol. The number of piperazine rings is 1. The van der Waals surface area contributed by atoms with Crippen LogP contribution < -0.4 is 10.2 Å². The molecule has 4 rings (SSSR count). The number of fused-ring (bicyclic) bond motifs is 2. The van der Waals surface area contributed by atoms with E-state index >= 15 is 0 Å². The van der Waals surface area contributed by atoms with Crippen molar-refractivity contribution in [3.8, 4) is 0 Å². The van der Waals surface area contributed by atoms with Crippen LogP contribution in [0, 0.1) is 0 Å². The Bertz CT molecular complexity index is 681. The Hall–Kier alpha value is -1.62. The van der Waals surface area contributed by atoms with E-state index in [2.05, 4.69) is 15.2 Å². The maximum Gasteiger partial charge on any atom is 0.213 e. The van der Waals surface area contributed by atoms with Gasteiger partial charge >= 0.3 is 0 Å². The zero-order valence-electron chi connectivity index (χ0n) is 12.5. The van der Waals surface area contributed by atoms with Gasteiger partial charge < -0.3 is 10.2 Å². The summed E-state index contributed by atoms with van der Waals surface area (Å²) in [7, 11) is 0. The first-order valence-electron chi connectivity index (χ1n) is 7.38. The molecule has 0 saturated carbocycles. The van der Waals surface area contributed by atoms with Crippen LogP contribution in [0.15, 0.2) is 48.7 Å². The maximum absolute atomic E-state index is 12.7. The average molecular weight is 352 g/mol. The Labute approximate surface area is 148 Å². The normalized spacial score (nSPS) is 21.5. The lowest BCUT2D eigenvalue weighted by Gasteiger charge is -2.30. The number of carbonyl (C=O) groups excluding carboxylic acids is 1. The van der Waals surface area contributed by atoms with Gasteiger partial charge in [0.1, 0.15) is 5.69 Å². The van der Waals surface area contributed by atoms with Gasteiger partial charge in [-0.05, 0) is 18.6 Å². The first-order chi connectivity index (χ1) is 10.3. The van der Waals surface area contributed by atoms with Gasteiger partial charge in [-0.3, -0.25) is 9.78 Å². The largest absolute Gasteiger partial charge is 0.364 e. The fourth-order valence-electron chi connectivity index (χ4n) is 3.39. The highest BCUT2D eigenvalue weighted by molar-refractivity contribution is 6.11. The van der Waals surface area contributed by atoms with Gasteiger partial charge in [0.2, 0.25) is 5.78 Å². The lowest BCUT2D eigenvalue weighted by molar-refractivity contribution is 0.103. The lowest BCUT2D eigenvalue weighted by atomic mass is 10.1. The van der Waals surface area contributed by atoms with Crippen LogP contribution in [0.1, 0.15) is 22.5 Å². The van der Waals surface area contributed by atoms with Gasteiger partial charge in [0.15, 0.2) is 0 Å². The Balaban J connectivity index is 0.000000960. The SMILES string of the molecule is Cl.Cl.O=C(c1ccccc1)c1ncccc1N1CC2CC1CN2. The van der Waals surface area contributed by atoms with Crippen molar-refractivity contribution in [1.29, 1.82) is 0 Å². The quantitative estimate of drug-likeness (QED) is 0.863. The molecule has 2 aromatic rings. The molecule has 2 saturated heterocycles. The number of nitrogens with one attached hydrogen (secondary N) is 1. The highest BCUT2D eigenvalue weighted by Crippen LogP contribution is 2.31. The Morgan fingerprint density at radius 1 is 1.13 bits per heavy atom. The minimum atomic E-state index is 0. The molecule has 2 bridgehead atoms. The van der Waals surface area contributed by atoms with Crippen LogP contribution in [-0.4, -0.2) is 35.9 Å². The number of nitrogens with zero attached hydrogens (tertiary/aromatic N) is 2. The first kappa shape index (κ1) is 17.7. The van der Waals surface area contributed by atoms with Crippen LogP contribution in [0.2, 0.25) is 0 Å². The van der Waals surface area contributed by atoms with Gasteiger partial charge in [-0.2, -0.15) is 0 Å². The zero-order chi connectivity index (χ0) is 14.2. The number of rotatable bonds is 3. The highest BCUT2D eigenvalue weighted by atomic mass is 35.5. The van der Waals surface area contributed by atoms with E-state index in [1.807, 2.05) is 42.5 Å². The molecule has 4 nitrogen and oxygen atoms in total. The van der Waals surface area contributed by atoms with Crippen LogP contribution >= 0.6 is 24.8 Å². The van der Waals surface area contributed by atoms with E-state index in [1.165, 1.54) is 0 Å². The molecule has 6 heteroatoms. The number of halogens is 2. The summed E-state index contributed by atoms with van der Waals surface area (Å²) in [5, 5.41) is 3.49. The minimum Gasteiger partial charge on any atom is -0.364 e. The summed E-state index contributed by atoms with van der Waals surface area (Å²) in [6.07, 6.45) is 2.86. The van der Waals surface area contributed by atoms with Crippen molar-refractivity contribution >= 4 is 36.3 Å². The standard InChI is InChI=1S/C17H17N3O.2ClH/c21-17(12-5-2-1-3-6-12)16-15(7-4-8-18-16)20-11-13-9-14(20)10-19-13;;/h1-8,13-14,19H,9-11H2;2*1H. The number of benzene rings is 1. The van der Waals surface area contributed by atoms with Gasteiger partial charge in [0.05, 0.1) is 5.69 Å². The van der Waals surface area contributed by atoms with Crippen molar-refractivity contribution in [1.82, 2.24) is 10.3 Å². The molecule has 122 valence electrons. The zero-order valence-corrected chi connectivity index (χ0v) is 14.1. The van der Waals surface area contributed by atoms with Gasteiger partial charge in [-0.15, -0.1) is 24.8 Å². The summed E-state index contributed by atoms with van der Waals surface area (Å²) in [6.45, 7) is 1.96. The van der Waals surface area contributed by atoms with E-state index in [1.54, 1.807) is 6.20 Å². The van der Waals surface area contributed by atoms with Crippen molar-refractivity contribution in [3.05, 3.63) is 59.9 Å². The fraction of sp³-hybridized carbons (Fsp3) is 0.294. The predicted octanol–water partition coefficient (Wildman–Crippen LogP) is 2.71. The van der Waals surface area contributed by atoms with E-state index in [9.17, 15) is 4.79 Å². The van der Waals surface area contributed by atoms with Crippen LogP contribution in [-0.2, 0) is 0 Å². The third-order valence-corrected chi connectivity index (χ3v) is 4.40. The van der Waals surface area contributed by atoms with Crippen molar-refractivity contribution in [2.24, 2.45) is 0 Å². The smallest absolute Gasteiger partial charge is 0.213 e. The van der Waals surface area contributed by atoms with Gasteiger partial charge in [0, 0.05) is 36.9 Å². The number of aromatic nitrogens is 1. The van der Waals surface area contributed by atoms with Crippen LogP contribution in [0.5, 0.6) is 0 Å². The fourth-order valence-corrected chi connectivity index (χ4v) is 3.39. The third-order valence-electron chi connectivity index (χ3n) is 4.40. The molecule has 1 aromatic carbocycles. The molecule has 23 heavy (non-hydrogen) atoms. The Morgan fingerprint density at radius 3 is 2.57 bits per heavy atom. The molecule has 0 amide bonds. The topological polar surface area (TPSA) is 45.2 Å². The first-order valence-corrected chi connectivity index (χ1v) is 7.38. The molecule has 1 aromatic heterocycles. The molecular weight excluding hydrogens is 333 g/mol. The summed E-state index contributed by atoms with van der Waals surface area (Å²) >= 11 is 0. The van der Waals surface area contributed by atoms with Gasteiger partial charge in [-0.25, -0.2) is 0 Å². The minimum absolute atomic E-state index is 0. The van der Waals surface area contributed by atoms with E-state index in [0.29, 0.717) is 23.3 Å². The summed E-state index contributed by atoms with van der Waals surface area (Å²) < 4.78 is 0.